The fourth-order valence-corrected chi connectivity index (χ4v) is 5.33. The van der Waals surface area contributed by atoms with Gasteiger partial charge in [0.25, 0.3) is 0 Å². The van der Waals surface area contributed by atoms with Gasteiger partial charge in [0.2, 0.25) is 0 Å². The van der Waals surface area contributed by atoms with Gasteiger partial charge < -0.3 is 14.6 Å². The van der Waals surface area contributed by atoms with Gasteiger partial charge in [-0.2, -0.15) is 0 Å². The van der Waals surface area contributed by atoms with Crippen molar-refractivity contribution in [2.24, 2.45) is 17.3 Å². The Morgan fingerprint density at radius 1 is 1.27 bits per heavy atom. The molecule has 0 amide bonds. The Morgan fingerprint density at radius 3 is 2.54 bits per heavy atom. The van der Waals surface area contributed by atoms with E-state index in [4.69, 9.17) is 9.47 Å². The van der Waals surface area contributed by atoms with E-state index in [9.17, 15) is 14.7 Å². The summed E-state index contributed by atoms with van der Waals surface area (Å²) < 4.78 is 10.5. The maximum absolute atomic E-state index is 12.8. The van der Waals surface area contributed by atoms with Crippen LogP contribution in [0.2, 0.25) is 0 Å². The lowest BCUT2D eigenvalue weighted by Crippen LogP contribution is -2.41. The minimum absolute atomic E-state index is 0.131. The van der Waals surface area contributed by atoms with Gasteiger partial charge in [-0.3, -0.25) is 4.79 Å². The molecule has 5 heteroatoms. The summed E-state index contributed by atoms with van der Waals surface area (Å²) in [6.45, 7) is 6.44. The van der Waals surface area contributed by atoms with Crippen LogP contribution in [0, 0.1) is 17.3 Å². The molecule has 0 bridgehead atoms. The summed E-state index contributed by atoms with van der Waals surface area (Å²) in [5.74, 6) is 0.277. The average Bonchev–Trinajstić information content (AvgIpc) is 2.78. The molecule has 144 valence electrons. The average molecular weight is 362 g/mol. The molecule has 1 fully saturated rings. The Balaban J connectivity index is 2.22. The Bertz CT molecular complexity index is 689. The zero-order valence-corrected chi connectivity index (χ0v) is 16.4. The monoisotopic (exact) mass is 362 g/mol. The molecule has 0 aromatic carbocycles. The van der Waals surface area contributed by atoms with Gasteiger partial charge in [-0.1, -0.05) is 20.8 Å². The minimum atomic E-state index is -1.11. The number of hydrogen-bond acceptors (Lipinski definition) is 5. The summed E-state index contributed by atoms with van der Waals surface area (Å²) in [7, 11) is 2.89. The third kappa shape index (κ3) is 2.76. The molecule has 0 spiro atoms. The van der Waals surface area contributed by atoms with Crippen molar-refractivity contribution in [1.29, 1.82) is 0 Å². The zero-order valence-electron chi connectivity index (χ0n) is 16.4. The third-order valence-electron chi connectivity index (χ3n) is 6.91. The number of ketones is 1. The first-order valence-corrected chi connectivity index (χ1v) is 9.51. The van der Waals surface area contributed by atoms with Crippen LogP contribution in [-0.4, -0.2) is 42.8 Å². The first-order chi connectivity index (χ1) is 12.2. The number of methoxy groups -OCH3 is 2. The Kier molecular flexibility index (Phi) is 4.91. The second-order valence-electron chi connectivity index (χ2n) is 8.57. The zero-order chi connectivity index (χ0) is 19.3. The topological polar surface area (TPSA) is 72.8 Å². The number of allylic oxidation sites excluding steroid dienone is 1. The first-order valence-electron chi connectivity index (χ1n) is 9.51. The fraction of sp³-hybridized carbons (Fsp3) is 0.714. The molecule has 0 radical (unpaired) electrons. The number of aliphatic hydroxyl groups is 1. The summed E-state index contributed by atoms with van der Waals surface area (Å²) in [5, 5.41) is 11.4. The molecule has 4 atom stereocenters. The molecule has 1 saturated carbocycles. The number of carbonyl (C=O) groups excluding carboxylic acids is 2. The highest BCUT2D eigenvalue weighted by molar-refractivity contribution is 6.01. The molecule has 0 aromatic heterocycles. The van der Waals surface area contributed by atoms with Crippen LogP contribution in [0.3, 0.4) is 0 Å². The molecule has 0 aromatic rings. The predicted molar refractivity (Wildman–Crippen MR) is 97.4 cm³/mol. The second-order valence-corrected chi connectivity index (χ2v) is 8.57. The van der Waals surface area contributed by atoms with Crippen LogP contribution in [0.1, 0.15) is 52.9 Å². The van der Waals surface area contributed by atoms with E-state index in [1.165, 1.54) is 7.11 Å². The highest BCUT2D eigenvalue weighted by Crippen LogP contribution is 2.56. The number of ether oxygens (including phenoxy) is 2. The van der Waals surface area contributed by atoms with Gasteiger partial charge in [-0.25, -0.2) is 4.79 Å². The summed E-state index contributed by atoms with van der Waals surface area (Å²) in [4.78, 5) is 25.3. The first kappa shape index (κ1) is 19.3. The minimum Gasteiger partial charge on any atom is -0.466 e. The molecule has 1 N–H and O–H groups in total. The molecule has 3 aliphatic carbocycles. The van der Waals surface area contributed by atoms with Gasteiger partial charge in [0.05, 0.1) is 24.4 Å². The highest BCUT2D eigenvalue weighted by atomic mass is 16.5. The maximum Gasteiger partial charge on any atom is 0.336 e. The van der Waals surface area contributed by atoms with Gasteiger partial charge in [0, 0.05) is 19.1 Å². The number of fused-ring (bicyclic) bond motifs is 2. The van der Waals surface area contributed by atoms with Crippen molar-refractivity contribution in [3.05, 3.63) is 22.8 Å². The summed E-state index contributed by atoms with van der Waals surface area (Å²) >= 11 is 0. The van der Waals surface area contributed by atoms with E-state index < -0.39 is 17.7 Å². The molecule has 0 heterocycles. The summed E-state index contributed by atoms with van der Waals surface area (Å²) in [5.41, 5.74) is 0.260. The van der Waals surface area contributed by atoms with Crippen LogP contribution in [-0.2, 0) is 19.1 Å². The van der Waals surface area contributed by atoms with Gasteiger partial charge in [0.15, 0.2) is 5.78 Å². The molecule has 0 saturated heterocycles. The van der Waals surface area contributed by atoms with Crippen LogP contribution < -0.4 is 0 Å². The standard InChI is InChI=1S/C21H30O5/c1-12(2)13-11-16(22)14-10-15-18(19(23)26-5)17(25-4)6-7-21(15,24)9-8-20(13,14)3/h10,12-13,17,24H,6-9,11H2,1-5H3/t13-,17+,20-,21-/m1/s1. The number of Topliss-reactive ketones (excluding diaryl/α,β-unsaturated/α-hetero) is 1. The van der Waals surface area contributed by atoms with E-state index in [0.717, 1.165) is 12.0 Å². The van der Waals surface area contributed by atoms with Crippen molar-refractivity contribution < 1.29 is 24.2 Å². The molecule has 0 unspecified atom stereocenters. The van der Waals surface area contributed by atoms with Gasteiger partial charge >= 0.3 is 5.97 Å². The van der Waals surface area contributed by atoms with Crippen molar-refractivity contribution in [3.8, 4) is 0 Å². The number of rotatable bonds is 3. The van der Waals surface area contributed by atoms with Crippen molar-refractivity contribution >= 4 is 11.8 Å². The number of hydrogen-bond donors (Lipinski definition) is 1. The predicted octanol–water partition coefficient (Wildman–Crippen LogP) is 2.97. The van der Waals surface area contributed by atoms with Crippen LogP contribution in [0.5, 0.6) is 0 Å². The molecule has 26 heavy (non-hydrogen) atoms. The van der Waals surface area contributed by atoms with E-state index in [-0.39, 0.29) is 17.1 Å². The van der Waals surface area contributed by atoms with Crippen molar-refractivity contribution in [1.82, 2.24) is 0 Å². The van der Waals surface area contributed by atoms with E-state index in [1.54, 1.807) is 13.2 Å². The van der Waals surface area contributed by atoms with E-state index in [0.29, 0.717) is 42.7 Å². The van der Waals surface area contributed by atoms with E-state index >= 15 is 0 Å². The summed E-state index contributed by atoms with van der Waals surface area (Å²) in [6, 6.07) is 0. The molecular formula is C21H30O5. The van der Waals surface area contributed by atoms with E-state index in [2.05, 4.69) is 20.8 Å². The molecular weight excluding hydrogens is 332 g/mol. The van der Waals surface area contributed by atoms with Gasteiger partial charge in [-0.15, -0.1) is 0 Å². The molecule has 3 rings (SSSR count). The lowest BCUT2D eigenvalue weighted by molar-refractivity contribution is -0.138. The fourth-order valence-electron chi connectivity index (χ4n) is 5.33. The van der Waals surface area contributed by atoms with E-state index in [1.807, 2.05) is 0 Å². The van der Waals surface area contributed by atoms with Crippen molar-refractivity contribution in [2.75, 3.05) is 14.2 Å². The van der Waals surface area contributed by atoms with Crippen LogP contribution in [0.25, 0.3) is 0 Å². The number of esters is 1. The Hall–Kier alpha value is -1.46. The lowest BCUT2D eigenvalue weighted by atomic mass is 9.69. The quantitative estimate of drug-likeness (QED) is 0.782. The van der Waals surface area contributed by atoms with Crippen molar-refractivity contribution in [3.63, 3.8) is 0 Å². The second kappa shape index (κ2) is 6.61. The number of carbonyl (C=O) groups is 2. The maximum atomic E-state index is 12.8. The largest absolute Gasteiger partial charge is 0.466 e. The smallest absolute Gasteiger partial charge is 0.336 e. The third-order valence-corrected chi connectivity index (χ3v) is 6.91. The van der Waals surface area contributed by atoms with Gasteiger partial charge in [0.1, 0.15) is 0 Å². The SMILES string of the molecule is COC(=O)C1=C2C=C3C(=O)C[C@H](C(C)C)[C@@]3(C)CC[C@]2(O)CC[C@@H]1OC. The molecule has 3 aliphatic rings. The normalized spacial score (nSPS) is 37.2. The Morgan fingerprint density at radius 2 is 1.96 bits per heavy atom. The lowest BCUT2D eigenvalue weighted by Gasteiger charge is -2.38. The van der Waals surface area contributed by atoms with Crippen LogP contribution in [0.4, 0.5) is 0 Å². The highest BCUT2D eigenvalue weighted by Gasteiger charge is 2.53. The van der Waals surface area contributed by atoms with Crippen LogP contribution in [0.15, 0.2) is 22.8 Å². The summed E-state index contributed by atoms with van der Waals surface area (Å²) in [6.07, 6.45) is 4.26. The Labute approximate surface area is 155 Å². The van der Waals surface area contributed by atoms with Gasteiger partial charge in [-0.05, 0) is 54.6 Å². The van der Waals surface area contributed by atoms with Crippen LogP contribution >= 0.6 is 0 Å². The van der Waals surface area contributed by atoms with Crippen molar-refractivity contribution in [2.45, 2.75) is 64.6 Å². The molecule has 0 aliphatic heterocycles. The molecule has 5 nitrogen and oxygen atoms in total.